The van der Waals surface area contributed by atoms with Crippen LogP contribution in [0.15, 0.2) is 48.5 Å². The van der Waals surface area contributed by atoms with Crippen molar-refractivity contribution in [2.45, 2.75) is 50.8 Å². The van der Waals surface area contributed by atoms with Crippen molar-refractivity contribution in [2.24, 2.45) is 0 Å². The number of aryl methyl sites for hydroxylation is 1. The molecule has 1 aliphatic carbocycles. The molecule has 1 saturated carbocycles. The molecule has 0 bridgehead atoms. The standard InChI is InChI=1S/C24H27NO4/c1-18-5-3-6-19(15-18)12-14-24(28)13-4-7-21(16-24)25(23(26)27)17-20-8-10-22(29-2)11-9-20/h3,5-6,8-11,15,21,28H,4,7,13,16-17H2,1-2H3,(H,26,27). The topological polar surface area (TPSA) is 70.0 Å². The molecule has 2 aromatic rings. The van der Waals surface area contributed by atoms with Crippen LogP contribution in [-0.4, -0.2) is 40.0 Å². The summed E-state index contributed by atoms with van der Waals surface area (Å²) in [6, 6.07) is 14.9. The maximum absolute atomic E-state index is 11.9. The van der Waals surface area contributed by atoms with Gasteiger partial charge in [0.15, 0.2) is 0 Å². The Morgan fingerprint density at radius 1 is 1.28 bits per heavy atom. The number of carboxylic acid groups (broad SMARTS) is 1. The summed E-state index contributed by atoms with van der Waals surface area (Å²) in [5.74, 6) is 6.81. The van der Waals surface area contributed by atoms with Crippen LogP contribution < -0.4 is 4.74 Å². The van der Waals surface area contributed by atoms with Crippen molar-refractivity contribution in [1.82, 2.24) is 4.90 Å². The van der Waals surface area contributed by atoms with Gasteiger partial charge in [-0.25, -0.2) is 4.79 Å². The van der Waals surface area contributed by atoms with E-state index in [1.54, 1.807) is 7.11 Å². The van der Waals surface area contributed by atoms with E-state index >= 15 is 0 Å². The molecule has 1 amide bonds. The highest BCUT2D eigenvalue weighted by molar-refractivity contribution is 5.65. The molecule has 2 N–H and O–H groups in total. The fraction of sp³-hybridized carbons (Fsp3) is 0.375. The van der Waals surface area contributed by atoms with Crippen molar-refractivity contribution in [3.8, 4) is 17.6 Å². The van der Waals surface area contributed by atoms with E-state index in [0.29, 0.717) is 12.8 Å². The van der Waals surface area contributed by atoms with Gasteiger partial charge in [-0.1, -0.05) is 36.1 Å². The lowest BCUT2D eigenvalue weighted by atomic mass is 9.81. The van der Waals surface area contributed by atoms with Gasteiger partial charge < -0.3 is 19.8 Å². The summed E-state index contributed by atoms with van der Waals surface area (Å²) in [6.07, 6.45) is 1.33. The van der Waals surface area contributed by atoms with E-state index in [1.165, 1.54) is 4.90 Å². The third-order valence-corrected chi connectivity index (χ3v) is 5.36. The SMILES string of the molecule is COc1ccc(CN(C(=O)O)C2CCCC(O)(C#Cc3cccc(C)c3)C2)cc1. The Morgan fingerprint density at radius 2 is 2.03 bits per heavy atom. The minimum absolute atomic E-state index is 0.269. The highest BCUT2D eigenvalue weighted by atomic mass is 16.5. The number of benzene rings is 2. The highest BCUT2D eigenvalue weighted by Crippen LogP contribution is 2.32. The zero-order valence-electron chi connectivity index (χ0n) is 16.9. The molecule has 29 heavy (non-hydrogen) atoms. The minimum atomic E-state index is -1.18. The number of nitrogens with zero attached hydrogens (tertiary/aromatic N) is 1. The molecular weight excluding hydrogens is 366 g/mol. The molecule has 152 valence electrons. The first-order valence-electron chi connectivity index (χ1n) is 9.83. The number of aliphatic hydroxyl groups is 1. The molecule has 0 aromatic heterocycles. The van der Waals surface area contributed by atoms with Gasteiger partial charge in [-0.2, -0.15) is 0 Å². The van der Waals surface area contributed by atoms with Crippen LogP contribution in [0.1, 0.15) is 42.4 Å². The number of hydrogen-bond donors (Lipinski definition) is 2. The molecule has 2 atom stereocenters. The first-order valence-corrected chi connectivity index (χ1v) is 9.83. The molecule has 5 heteroatoms. The van der Waals surface area contributed by atoms with Gasteiger partial charge in [0.1, 0.15) is 11.4 Å². The monoisotopic (exact) mass is 393 g/mol. The molecule has 5 nitrogen and oxygen atoms in total. The molecule has 0 heterocycles. The summed E-state index contributed by atoms with van der Waals surface area (Å²) in [5.41, 5.74) is 1.67. The van der Waals surface area contributed by atoms with Gasteiger partial charge in [0.2, 0.25) is 0 Å². The van der Waals surface area contributed by atoms with Gasteiger partial charge in [0.25, 0.3) is 0 Å². The molecule has 1 fully saturated rings. The molecule has 0 saturated heterocycles. The van der Waals surface area contributed by atoms with E-state index in [4.69, 9.17) is 4.74 Å². The quantitative estimate of drug-likeness (QED) is 0.764. The number of carbonyl (C=O) groups is 1. The fourth-order valence-electron chi connectivity index (χ4n) is 3.80. The second-order valence-electron chi connectivity index (χ2n) is 7.66. The molecular formula is C24H27NO4. The maximum atomic E-state index is 11.9. The molecule has 0 radical (unpaired) electrons. The van der Waals surface area contributed by atoms with Crippen LogP contribution in [0.25, 0.3) is 0 Å². The van der Waals surface area contributed by atoms with E-state index in [2.05, 4.69) is 11.8 Å². The molecule has 2 unspecified atom stereocenters. The second kappa shape index (κ2) is 9.02. The van der Waals surface area contributed by atoms with Crippen LogP contribution in [0.4, 0.5) is 4.79 Å². The number of hydrogen-bond acceptors (Lipinski definition) is 3. The van der Waals surface area contributed by atoms with E-state index in [0.717, 1.165) is 35.3 Å². The van der Waals surface area contributed by atoms with Crippen molar-refractivity contribution >= 4 is 6.09 Å². The van der Waals surface area contributed by atoms with Crippen molar-refractivity contribution in [3.63, 3.8) is 0 Å². The first-order chi connectivity index (χ1) is 13.9. The lowest BCUT2D eigenvalue weighted by Gasteiger charge is -2.38. The first kappa shape index (κ1) is 20.8. The minimum Gasteiger partial charge on any atom is -0.497 e. The Balaban J connectivity index is 1.75. The van der Waals surface area contributed by atoms with E-state index in [9.17, 15) is 15.0 Å². The van der Waals surface area contributed by atoms with E-state index in [1.807, 2.05) is 55.5 Å². The average Bonchev–Trinajstić information content (AvgIpc) is 2.71. The summed E-state index contributed by atoms with van der Waals surface area (Å²) in [5, 5.41) is 20.8. The number of ether oxygens (including phenoxy) is 1. The summed E-state index contributed by atoms with van der Waals surface area (Å²) < 4.78 is 5.16. The van der Waals surface area contributed by atoms with Gasteiger partial charge in [0.05, 0.1) is 7.11 Å². The third-order valence-electron chi connectivity index (χ3n) is 5.36. The maximum Gasteiger partial charge on any atom is 0.407 e. The van der Waals surface area contributed by atoms with Crippen molar-refractivity contribution in [3.05, 3.63) is 65.2 Å². The summed E-state index contributed by atoms with van der Waals surface area (Å²) in [7, 11) is 1.60. The van der Waals surface area contributed by atoms with Crippen LogP contribution in [0.5, 0.6) is 5.75 Å². The van der Waals surface area contributed by atoms with Crippen molar-refractivity contribution in [2.75, 3.05) is 7.11 Å². The van der Waals surface area contributed by atoms with Crippen molar-refractivity contribution in [1.29, 1.82) is 0 Å². The Morgan fingerprint density at radius 3 is 2.69 bits per heavy atom. The van der Waals surface area contributed by atoms with Gasteiger partial charge >= 0.3 is 6.09 Å². The predicted octanol–water partition coefficient (Wildman–Crippen LogP) is 4.21. The summed E-state index contributed by atoms with van der Waals surface area (Å²) in [4.78, 5) is 13.4. The summed E-state index contributed by atoms with van der Waals surface area (Å²) >= 11 is 0. The highest BCUT2D eigenvalue weighted by Gasteiger charge is 2.37. The van der Waals surface area contributed by atoms with Gasteiger partial charge in [0, 0.05) is 24.6 Å². The van der Waals surface area contributed by atoms with Crippen LogP contribution in [0.2, 0.25) is 0 Å². The second-order valence-corrected chi connectivity index (χ2v) is 7.66. The Labute approximate surface area is 171 Å². The fourth-order valence-corrected chi connectivity index (χ4v) is 3.80. The van der Waals surface area contributed by atoms with Crippen LogP contribution in [0, 0.1) is 18.8 Å². The van der Waals surface area contributed by atoms with Crippen LogP contribution >= 0.6 is 0 Å². The largest absolute Gasteiger partial charge is 0.497 e. The molecule has 3 rings (SSSR count). The predicted molar refractivity (Wildman–Crippen MR) is 112 cm³/mol. The zero-order chi connectivity index (χ0) is 20.9. The Hall–Kier alpha value is -2.97. The molecule has 1 aliphatic rings. The molecule has 2 aromatic carbocycles. The Bertz CT molecular complexity index is 912. The third kappa shape index (κ3) is 5.52. The molecule has 0 spiro atoms. The van der Waals surface area contributed by atoms with E-state index in [-0.39, 0.29) is 12.6 Å². The number of rotatable bonds is 4. The smallest absolute Gasteiger partial charge is 0.407 e. The van der Waals surface area contributed by atoms with Gasteiger partial charge in [-0.15, -0.1) is 0 Å². The van der Waals surface area contributed by atoms with Crippen molar-refractivity contribution < 1.29 is 19.7 Å². The normalized spacial score (nSPS) is 21.0. The average molecular weight is 393 g/mol. The summed E-state index contributed by atoms with van der Waals surface area (Å²) in [6.45, 7) is 2.27. The zero-order valence-corrected chi connectivity index (χ0v) is 16.9. The van der Waals surface area contributed by atoms with Crippen LogP contribution in [-0.2, 0) is 6.54 Å². The van der Waals surface area contributed by atoms with Crippen LogP contribution in [0.3, 0.4) is 0 Å². The number of amides is 1. The lowest BCUT2D eigenvalue weighted by Crippen LogP contribution is -2.47. The Kier molecular flexibility index (Phi) is 6.46. The van der Waals surface area contributed by atoms with Gasteiger partial charge in [-0.3, -0.25) is 0 Å². The molecule has 0 aliphatic heterocycles. The lowest BCUT2D eigenvalue weighted by molar-refractivity contribution is 0.0145. The van der Waals surface area contributed by atoms with Gasteiger partial charge in [-0.05, 0) is 61.6 Å². The van der Waals surface area contributed by atoms with E-state index < -0.39 is 11.7 Å². The number of methoxy groups -OCH3 is 1.